The Kier molecular flexibility index (Phi) is 6.62. The Labute approximate surface area is 166 Å². The van der Waals surface area contributed by atoms with Crippen molar-refractivity contribution in [2.45, 2.75) is 39.3 Å². The molecule has 2 aromatic rings. The van der Waals surface area contributed by atoms with E-state index in [1.165, 1.54) is 0 Å². The van der Waals surface area contributed by atoms with Crippen LogP contribution < -0.4 is 5.32 Å². The molecule has 1 atom stereocenters. The molecule has 1 fully saturated rings. The summed E-state index contributed by atoms with van der Waals surface area (Å²) in [5.41, 5.74) is 1.08. The van der Waals surface area contributed by atoms with Gasteiger partial charge in [-0.2, -0.15) is 0 Å². The maximum Gasteiger partial charge on any atom is 0.237 e. The van der Waals surface area contributed by atoms with E-state index in [1.54, 1.807) is 11.1 Å². The van der Waals surface area contributed by atoms with Crippen molar-refractivity contribution in [2.75, 3.05) is 26.7 Å². The van der Waals surface area contributed by atoms with Crippen molar-refractivity contribution in [3.05, 3.63) is 42.2 Å². The number of hydrogen-bond acceptors (Lipinski definition) is 4. The third-order valence-electron chi connectivity index (χ3n) is 5.41. The number of nitrogens with zero attached hydrogens (tertiary/aromatic N) is 3. The maximum atomic E-state index is 12.9. The summed E-state index contributed by atoms with van der Waals surface area (Å²) in [6, 6.07) is 7.64. The number of aromatic nitrogens is 1. The number of benzene rings is 1. The zero-order valence-electron chi connectivity index (χ0n) is 17.0. The minimum atomic E-state index is -0.376. The average molecular weight is 383 g/mol. The molecule has 1 aromatic carbocycles. The Hall–Kier alpha value is -2.47. The van der Waals surface area contributed by atoms with Gasteiger partial charge in [0.05, 0.1) is 12.5 Å². The summed E-state index contributed by atoms with van der Waals surface area (Å²) in [4.78, 5) is 33.3. The number of amides is 2. The molecule has 28 heavy (non-hydrogen) atoms. The first-order valence-corrected chi connectivity index (χ1v) is 10.0. The number of nitrogens with one attached hydrogen (secondary N) is 1. The van der Waals surface area contributed by atoms with Gasteiger partial charge in [0.1, 0.15) is 0 Å². The fourth-order valence-corrected chi connectivity index (χ4v) is 3.67. The fraction of sp³-hybridized carbons (Fsp3) is 0.500. The first kappa shape index (κ1) is 20.3. The van der Waals surface area contributed by atoms with Gasteiger partial charge in [-0.3, -0.25) is 19.5 Å². The van der Waals surface area contributed by atoms with E-state index in [-0.39, 0.29) is 24.3 Å². The van der Waals surface area contributed by atoms with Crippen LogP contribution >= 0.6 is 0 Å². The van der Waals surface area contributed by atoms with Crippen LogP contribution in [0.3, 0.4) is 0 Å². The van der Waals surface area contributed by atoms with Gasteiger partial charge in [0.2, 0.25) is 11.8 Å². The van der Waals surface area contributed by atoms with Gasteiger partial charge in [-0.1, -0.05) is 32.0 Å². The number of fused-ring (bicyclic) bond motifs is 1. The largest absolute Gasteiger partial charge is 0.353 e. The van der Waals surface area contributed by atoms with Crippen LogP contribution in [0.5, 0.6) is 0 Å². The van der Waals surface area contributed by atoms with Gasteiger partial charge in [-0.15, -0.1) is 0 Å². The molecule has 3 rings (SSSR count). The van der Waals surface area contributed by atoms with E-state index in [1.807, 2.05) is 37.5 Å². The molecule has 1 N–H and O–H groups in total. The highest BCUT2D eigenvalue weighted by Crippen LogP contribution is 2.20. The highest BCUT2D eigenvalue weighted by molar-refractivity contribution is 5.89. The molecular weight excluding hydrogens is 352 g/mol. The van der Waals surface area contributed by atoms with E-state index in [4.69, 9.17) is 0 Å². The summed E-state index contributed by atoms with van der Waals surface area (Å²) in [6.07, 6.45) is 4.84. The minimum absolute atomic E-state index is 0.0114. The van der Waals surface area contributed by atoms with Gasteiger partial charge >= 0.3 is 0 Å². The van der Waals surface area contributed by atoms with Crippen LogP contribution in [0.25, 0.3) is 10.8 Å². The first-order valence-electron chi connectivity index (χ1n) is 10.0. The van der Waals surface area contributed by atoms with Crippen molar-refractivity contribution in [2.24, 2.45) is 5.92 Å². The third-order valence-corrected chi connectivity index (χ3v) is 5.41. The summed E-state index contributed by atoms with van der Waals surface area (Å²) >= 11 is 0. The first-order chi connectivity index (χ1) is 13.5. The van der Waals surface area contributed by atoms with Crippen molar-refractivity contribution >= 4 is 22.6 Å². The topological polar surface area (TPSA) is 65.5 Å². The smallest absolute Gasteiger partial charge is 0.237 e. The van der Waals surface area contributed by atoms with Crippen LogP contribution in [0.1, 0.15) is 32.3 Å². The van der Waals surface area contributed by atoms with E-state index >= 15 is 0 Å². The molecule has 1 aliphatic heterocycles. The lowest BCUT2D eigenvalue weighted by Gasteiger charge is -2.35. The summed E-state index contributed by atoms with van der Waals surface area (Å²) in [6.45, 7) is 7.18. The van der Waals surface area contributed by atoms with E-state index in [2.05, 4.69) is 29.0 Å². The summed E-state index contributed by atoms with van der Waals surface area (Å²) in [5, 5.41) is 5.07. The zero-order chi connectivity index (χ0) is 20.1. The van der Waals surface area contributed by atoms with Crippen LogP contribution in [0.4, 0.5) is 0 Å². The van der Waals surface area contributed by atoms with Crippen molar-refractivity contribution in [3.63, 3.8) is 0 Å². The molecule has 1 aromatic heterocycles. The molecule has 0 bridgehead atoms. The van der Waals surface area contributed by atoms with Gasteiger partial charge in [-0.05, 0) is 35.9 Å². The Balaban J connectivity index is 1.67. The van der Waals surface area contributed by atoms with Gasteiger partial charge < -0.3 is 10.2 Å². The number of pyridine rings is 1. The molecule has 1 saturated heterocycles. The van der Waals surface area contributed by atoms with Crippen LogP contribution in [-0.4, -0.2) is 59.3 Å². The molecular formula is C22H30N4O2. The van der Waals surface area contributed by atoms with E-state index in [0.29, 0.717) is 19.0 Å². The van der Waals surface area contributed by atoms with Gasteiger partial charge in [-0.25, -0.2) is 0 Å². The van der Waals surface area contributed by atoms with Crippen LogP contribution in [0, 0.1) is 5.92 Å². The quantitative estimate of drug-likeness (QED) is 0.799. The normalized spacial score (nSPS) is 17.7. The monoisotopic (exact) mass is 382 g/mol. The van der Waals surface area contributed by atoms with Crippen molar-refractivity contribution < 1.29 is 9.59 Å². The van der Waals surface area contributed by atoms with Gasteiger partial charge in [0, 0.05) is 44.5 Å². The second-order valence-corrected chi connectivity index (χ2v) is 7.99. The van der Waals surface area contributed by atoms with Crippen molar-refractivity contribution in [1.29, 1.82) is 0 Å². The Morgan fingerprint density at radius 3 is 2.96 bits per heavy atom. The summed E-state index contributed by atoms with van der Waals surface area (Å²) < 4.78 is 0. The Morgan fingerprint density at radius 1 is 1.36 bits per heavy atom. The highest BCUT2D eigenvalue weighted by atomic mass is 16.2. The molecule has 0 radical (unpaired) electrons. The average Bonchev–Trinajstić information content (AvgIpc) is 2.68. The molecule has 2 heterocycles. The third kappa shape index (κ3) is 4.87. The van der Waals surface area contributed by atoms with Gasteiger partial charge in [0.25, 0.3) is 0 Å². The molecule has 2 amide bonds. The van der Waals surface area contributed by atoms with Crippen molar-refractivity contribution in [1.82, 2.24) is 20.1 Å². The molecule has 6 heteroatoms. The predicted molar refractivity (Wildman–Crippen MR) is 111 cm³/mol. The second kappa shape index (κ2) is 9.15. The SMILES string of the molecule is CC(C)CCN1CCNC(=O)[C@@H]1CC(=O)N(C)Cc1cccc2cnccc12. The number of carbonyl (C=O) groups excluding carboxylic acids is 2. The fourth-order valence-electron chi connectivity index (χ4n) is 3.67. The molecule has 0 spiro atoms. The van der Waals surface area contributed by atoms with E-state index in [9.17, 15) is 9.59 Å². The molecule has 0 aliphatic carbocycles. The highest BCUT2D eigenvalue weighted by Gasteiger charge is 2.32. The lowest BCUT2D eigenvalue weighted by Crippen LogP contribution is -2.56. The van der Waals surface area contributed by atoms with Crippen molar-refractivity contribution in [3.8, 4) is 0 Å². The molecule has 1 aliphatic rings. The molecule has 6 nitrogen and oxygen atoms in total. The Bertz CT molecular complexity index is 831. The number of rotatable bonds is 7. The maximum absolute atomic E-state index is 12.9. The predicted octanol–water partition coefficient (Wildman–Crippen LogP) is 2.43. The lowest BCUT2D eigenvalue weighted by molar-refractivity contribution is -0.138. The van der Waals surface area contributed by atoms with Crippen LogP contribution in [0.15, 0.2) is 36.7 Å². The second-order valence-electron chi connectivity index (χ2n) is 7.99. The number of piperazine rings is 1. The lowest BCUT2D eigenvalue weighted by atomic mass is 10.0. The van der Waals surface area contributed by atoms with E-state index in [0.717, 1.165) is 35.8 Å². The van der Waals surface area contributed by atoms with Gasteiger partial charge in [0.15, 0.2) is 0 Å². The minimum Gasteiger partial charge on any atom is -0.353 e. The summed E-state index contributed by atoms with van der Waals surface area (Å²) in [5.74, 6) is 0.528. The molecule has 0 unspecified atom stereocenters. The summed E-state index contributed by atoms with van der Waals surface area (Å²) in [7, 11) is 1.81. The van der Waals surface area contributed by atoms with Crippen LogP contribution in [-0.2, 0) is 16.1 Å². The zero-order valence-corrected chi connectivity index (χ0v) is 17.0. The molecule has 0 saturated carbocycles. The Morgan fingerprint density at radius 2 is 2.18 bits per heavy atom. The number of carbonyl (C=O) groups is 2. The van der Waals surface area contributed by atoms with Crippen LogP contribution in [0.2, 0.25) is 0 Å². The number of hydrogen-bond donors (Lipinski definition) is 1. The standard InChI is InChI=1S/C22H30N4O2/c1-16(2)8-11-26-12-10-24-22(28)20(26)13-21(27)25(3)15-18-6-4-5-17-14-23-9-7-19(17)18/h4-7,9,14,16,20H,8,10-13,15H2,1-3H3,(H,24,28)/t20-/m0/s1. The van der Waals surface area contributed by atoms with E-state index < -0.39 is 0 Å². The molecule has 150 valence electrons.